The van der Waals surface area contributed by atoms with Crippen LogP contribution >= 0.6 is 0 Å². The third-order valence-corrected chi connectivity index (χ3v) is 10.0. The Kier molecular flexibility index (Phi) is 7.95. The maximum absolute atomic E-state index is 10.1. The topological polar surface area (TPSA) is 29.5 Å². The summed E-state index contributed by atoms with van der Waals surface area (Å²) in [6, 6.07) is 1.11. The summed E-state index contributed by atoms with van der Waals surface area (Å²) in [5.74, 6) is 0. The lowest BCUT2D eigenvalue weighted by atomic mass is 10.1. The third-order valence-electron chi connectivity index (χ3n) is 4.20. The highest BCUT2D eigenvalue weighted by Crippen LogP contribution is 2.37. The minimum Gasteiger partial charge on any atom is -0.549 e. The average molecular weight is 331 g/mol. The Labute approximate surface area is 135 Å². The molecule has 0 saturated heterocycles. The molecule has 0 amide bonds. The van der Waals surface area contributed by atoms with Crippen molar-refractivity contribution in [1.82, 2.24) is 0 Å². The van der Waals surface area contributed by atoms with E-state index < -0.39 is 16.4 Å². The van der Waals surface area contributed by atoms with Gasteiger partial charge in [-0.05, 0) is 42.6 Å². The van der Waals surface area contributed by atoms with E-state index in [1.165, 1.54) is 5.57 Å². The van der Waals surface area contributed by atoms with Crippen LogP contribution in [0.4, 0.5) is 0 Å². The van der Waals surface area contributed by atoms with E-state index in [2.05, 4.69) is 60.4 Å². The van der Waals surface area contributed by atoms with Gasteiger partial charge in [-0.1, -0.05) is 53.8 Å². The molecule has 2 nitrogen and oxygen atoms in total. The van der Waals surface area contributed by atoms with E-state index in [0.717, 1.165) is 25.3 Å². The molecular weight excluding hydrogens is 292 g/mol. The van der Waals surface area contributed by atoms with Crippen molar-refractivity contribution in [2.24, 2.45) is 0 Å². The first-order valence-electron chi connectivity index (χ1n) is 8.32. The van der Waals surface area contributed by atoms with E-state index >= 15 is 0 Å². The molecule has 21 heavy (non-hydrogen) atoms. The van der Waals surface area contributed by atoms with Gasteiger partial charge in [-0.3, -0.25) is 0 Å². The molecule has 0 aliphatic rings. The highest BCUT2D eigenvalue weighted by molar-refractivity contribution is 6.76. The molecule has 0 heterocycles. The first-order chi connectivity index (χ1) is 9.28. The standard InChI is InChI=1S/C17H38O2Si2/c1-10-11-16(18)12-15(14-20(5,6)7)13-19-21(8,9)17(2,3)4/h13,16,18H,10-12,14H2,1-9H3/b15-13-. The zero-order valence-electron chi connectivity index (χ0n) is 15.8. The van der Waals surface area contributed by atoms with Crippen molar-refractivity contribution in [3.63, 3.8) is 0 Å². The summed E-state index contributed by atoms with van der Waals surface area (Å²) in [6.45, 7) is 20.6. The number of hydrogen-bond donors (Lipinski definition) is 1. The molecule has 0 aliphatic carbocycles. The van der Waals surface area contributed by atoms with Crippen LogP contribution in [0.2, 0.25) is 43.8 Å². The fourth-order valence-electron chi connectivity index (χ4n) is 1.99. The summed E-state index contributed by atoms with van der Waals surface area (Å²) < 4.78 is 6.27. The summed E-state index contributed by atoms with van der Waals surface area (Å²) in [5.41, 5.74) is 1.31. The van der Waals surface area contributed by atoms with Crippen LogP contribution < -0.4 is 0 Å². The lowest BCUT2D eigenvalue weighted by molar-refractivity contribution is 0.163. The molecule has 1 N–H and O–H groups in total. The van der Waals surface area contributed by atoms with E-state index in [9.17, 15) is 5.11 Å². The van der Waals surface area contributed by atoms with Crippen LogP contribution in [-0.2, 0) is 4.43 Å². The number of aliphatic hydroxyl groups excluding tert-OH is 1. The fraction of sp³-hybridized carbons (Fsp3) is 0.882. The van der Waals surface area contributed by atoms with E-state index in [0.29, 0.717) is 0 Å². The molecule has 0 aromatic heterocycles. The number of hydrogen-bond acceptors (Lipinski definition) is 2. The minimum absolute atomic E-state index is 0.218. The van der Waals surface area contributed by atoms with Crippen molar-refractivity contribution in [3.05, 3.63) is 11.8 Å². The lowest BCUT2D eigenvalue weighted by Crippen LogP contribution is -2.39. The Hall–Kier alpha value is -0.0662. The van der Waals surface area contributed by atoms with E-state index in [1.807, 2.05) is 6.26 Å². The van der Waals surface area contributed by atoms with Gasteiger partial charge in [-0.15, -0.1) is 0 Å². The minimum atomic E-state index is -1.76. The normalized spacial score (nSPS) is 16.0. The van der Waals surface area contributed by atoms with Gasteiger partial charge in [0.05, 0.1) is 12.4 Å². The predicted molar refractivity (Wildman–Crippen MR) is 100 cm³/mol. The van der Waals surface area contributed by atoms with E-state index in [1.54, 1.807) is 0 Å². The zero-order chi connectivity index (χ0) is 16.9. The number of aliphatic hydroxyl groups is 1. The van der Waals surface area contributed by atoms with Crippen molar-refractivity contribution in [1.29, 1.82) is 0 Å². The van der Waals surface area contributed by atoms with Crippen LogP contribution in [0.5, 0.6) is 0 Å². The Morgan fingerprint density at radius 1 is 1.14 bits per heavy atom. The molecule has 0 aliphatic heterocycles. The second kappa shape index (κ2) is 7.98. The van der Waals surface area contributed by atoms with Gasteiger partial charge < -0.3 is 9.53 Å². The van der Waals surface area contributed by atoms with Gasteiger partial charge >= 0.3 is 0 Å². The molecular formula is C17H38O2Si2. The van der Waals surface area contributed by atoms with Gasteiger partial charge in [0.1, 0.15) is 0 Å². The molecule has 0 saturated carbocycles. The molecule has 0 spiro atoms. The molecule has 126 valence electrons. The number of rotatable bonds is 8. The summed E-state index contributed by atoms with van der Waals surface area (Å²) in [6.07, 6.45) is 4.47. The van der Waals surface area contributed by atoms with E-state index in [4.69, 9.17) is 4.43 Å². The Morgan fingerprint density at radius 3 is 2.05 bits per heavy atom. The van der Waals surface area contributed by atoms with Crippen LogP contribution in [0, 0.1) is 0 Å². The Balaban J connectivity index is 4.99. The summed E-state index contributed by atoms with van der Waals surface area (Å²) >= 11 is 0. The van der Waals surface area contributed by atoms with Crippen molar-refractivity contribution in [2.45, 2.75) is 96.9 Å². The van der Waals surface area contributed by atoms with Gasteiger partial charge in [0.15, 0.2) is 0 Å². The molecule has 1 unspecified atom stereocenters. The fourth-order valence-corrected chi connectivity index (χ4v) is 4.39. The second-order valence-electron chi connectivity index (χ2n) is 9.04. The average Bonchev–Trinajstić information content (AvgIpc) is 2.22. The largest absolute Gasteiger partial charge is 0.549 e. The van der Waals surface area contributed by atoms with Crippen molar-refractivity contribution in [2.75, 3.05) is 0 Å². The monoisotopic (exact) mass is 330 g/mol. The summed E-state index contributed by atoms with van der Waals surface area (Å²) in [5, 5.41) is 10.4. The second-order valence-corrected chi connectivity index (χ2v) is 19.3. The van der Waals surface area contributed by atoms with Gasteiger partial charge in [-0.2, -0.15) is 0 Å². The Morgan fingerprint density at radius 2 is 1.67 bits per heavy atom. The van der Waals surface area contributed by atoms with Crippen molar-refractivity contribution in [3.8, 4) is 0 Å². The van der Waals surface area contributed by atoms with Crippen LogP contribution in [0.15, 0.2) is 11.8 Å². The summed E-state index contributed by atoms with van der Waals surface area (Å²) in [7, 11) is -2.95. The molecule has 0 aromatic carbocycles. The Bertz CT molecular complexity index is 336. The van der Waals surface area contributed by atoms with Gasteiger partial charge in [0, 0.05) is 8.07 Å². The van der Waals surface area contributed by atoms with Crippen molar-refractivity contribution >= 4 is 16.4 Å². The molecule has 0 aromatic rings. The smallest absolute Gasteiger partial charge is 0.249 e. The molecule has 4 heteroatoms. The van der Waals surface area contributed by atoms with Crippen LogP contribution in [0.25, 0.3) is 0 Å². The maximum Gasteiger partial charge on any atom is 0.249 e. The molecule has 0 fully saturated rings. The molecule has 1 atom stereocenters. The van der Waals surface area contributed by atoms with Gasteiger partial charge in [-0.25, -0.2) is 0 Å². The third kappa shape index (κ3) is 8.84. The molecule has 0 radical (unpaired) electrons. The highest BCUT2D eigenvalue weighted by atomic mass is 28.4. The highest BCUT2D eigenvalue weighted by Gasteiger charge is 2.38. The summed E-state index contributed by atoms with van der Waals surface area (Å²) in [4.78, 5) is 0. The van der Waals surface area contributed by atoms with E-state index in [-0.39, 0.29) is 11.1 Å². The predicted octanol–water partition coefficient (Wildman–Crippen LogP) is 5.78. The lowest BCUT2D eigenvalue weighted by Gasteiger charge is -2.35. The quantitative estimate of drug-likeness (QED) is 0.451. The van der Waals surface area contributed by atoms with Gasteiger partial charge in [0.2, 0.25) is 8.32 Å². The first-order valence-corrected chi connectivity index (χ1v) is 14.9. The van der Waals surface area contributed by atoms with Crippen LogP contribution in [0.1, 0.15) is 47.0 Å². The van der Waals surface area contributed by atoms with Crippen LogP contribution in [0.3, 0.4) is 0 Å². The maximum atomic E-state index is 10.1. The first kappa shape index (κ1) is 20.9. The van der Waals surface area contributed by atoms with Gasteiger partial charge in [0.25, 0.3) is 0 Å². The van der Waals surface area contributed by atoms with Crippen LogP contribution in [-0.4, -0.2) is 27.6 Å². The molecule has 0 bridgehead atoms. The van der Waals surface area contributed by atoms with Crippen molar-refractivity contribution < 1.29 is 9.53 Å². The zero-order valence-corrected chi connectivity index (χ0v) is 17.8. The SMILES string of the molecule is CCCC(O)C/C(=C/O[Si](C)(C)C(C)(C)C)C[Si](C)(C)C. The molecule has 0 rings (SSSR count).